The third-order valence-corrected chi connectivity index (χ3v) is 4.86. The molecule has 1 aliphatic rings. The highest BCUT2D eigenvalue weighted by Crippen LogP contribution is 2.31. The Hall–Kier alpha value is -3.15. The number of nitrogens with zero attached hydrogens (tertiary/aromatic N) is 2. The first-order valence-electron chi connectivity index (χ1n) is 9.78. The van der Waals surface area contributed by atoms with Crippen molar-refractivity contribution in [2.24, 2.45) is 0 Å². The van der Waals surface area contributed by atoms with E-state index in [0.717, 1.165) is 37.1 Å². The summed E-state index contributed by atoms with van der Waals surface area (Å²) in [5.41, 5.74) is -2.43. The fourth-order valence-corrected chi connectivity index (χ4v) is 3.42. The number of halogens is 4. The van der Waals surface area contributed by atoms with Gasteiger partial charge in [-0.1, -0.05) is 6.07 Å². The van der Waals surface area contributed by atoms with Gasteiger partial charge in [0.25, 0.3) is 11.5 Å². The summed E-state index contributed by atoms with van der Waals surface area (Å²) >= 11 is 0. The maximum Gasteiger partial charge on any atom is 0.573 e. The van der Waals surface area contributed by atoms with Gasteiger partial charge in [-0.2, -0.15) is 0 Å². The summed E-state index contributed by atoms with van der Waals surface area (Å²) in [6.07, 6.45) is -3.24. The average Bonchev–Trinajstić information content (AvgIpc) is 3.20. The van der Waals surface area contributed by atoms with Gasteiger partial charge in [-0.3, -0.25) is 14.6 Å². The minimum atomic E-state index is -5.08. The van der Waals surface area contributed by atoms with Crippen LogP contribution in [-0.4, -0.2) is 46.0 Å². The first-order valence-corrected chi connectivity index (χ1v) is 9.78. The molecule has 1 aromatic carbocycles. The minimum Gasteiger partial charge on any atom is -0.403 e. The van der Waals surface area contributed by atoms with Gasteiger partial charge < -0.3 is 20.1 Å². The Bertz CT molecular complexity index is 1040. The standard InChI is InChI=1S/C20H22F4N4O4/c1-19(2,31)16(11-5-6-14(12(21)9-11)32-20(22,23)24)27-17(30)13-10-15(29)26-18(25-13)28-7-3-4-8-28/h5-6,9-10,16,31H,3-4,7-8H2,1-2H3,(H,27,30)(H,25,26,29). The quantitative estimate of drug-likeness (QED) is 0.575. The predicted molar refractivity (Wildman–Crippen MR) is 106 cm³/mol. The van der Waals surface area contributed by atoms with E-state index in [9.17, 15) is 32.3 Å². The molecular formula is C20H22F4N4O4. The predicted octanol–water partition coefficient (Wildman–Crippen LogP) is 2.65. The molecule has 1 amide bonds. The van der Waals surface area contributed by atoms with Gasteiger partial charge in [0.2, 0.25) is 5.95 Å². The number of aliphatic hydroxyl groups is 1. The van der Waals surface area contributed by atoms with Crippen LogP contribution in [0, 0.1) is 5.82 Å². The summed E-state index contributed by atoms with van der Waals surface area (Å²) in [5, 5.41) is 13.0. The van der Waals surface area contributed by atoms with Gasteiger partial charge >= 0.3 is 6.36 Å². The Labute approximate surface area is 180 Å². The average molecular weight is 458 g/mol. The van der Waals surface area contributed by atoms with Crippen LogP contribution < -0.4 is 20.5 Å². The zero-order chi connectivity index (χ0) is 23.7. The SMILES string of the molecule is CC(C)(O)C(NC(=O)c1cc(=O)[nH]c(N2CCCC2)n1)c1ccc(OC(F)(F)F)c(F)c1. The molecule has 0 spiro atoms. The van der Waals surface area contributed by atoms with Gasteiger partial charge in [0.05, 0.1) is 11.6 Å². The molecule has 0 aliphatic carbocycles. The number of aromatic amines is 1. The van der Waals surface area contributed by atoms with Crippen molar-refractivity contribution in [3.63, 3.8) is 0 Å². The number of anilines is 1. The van der Waals surface area contributed by atoms with Crippen LogP contribution in [0.1, 0.15) is 48.8 Å². The molecule has 12 heteroatoms. The number of aromatic nitrogens is 2. The monoisotopic (exact) mass is 458 g/mol. The van der Waals surface area contributed by atoms with E-state index in [1.54, 1.807) is 0 Å². The molecule has 1 atom stereocenters. The normalized spacial score (nSPS) is 15.5. The second kappa shape index (κ2) is 8.77. The largest absolute Gasteiger partial charge is 0.573 e. The van der Waals surface area contributed by atoms with Crippen LogP contribution in [0.15, 0.2) is 29.1 Å². The van der Waals surface area contributed by atoms with Gasteiger partial charge in [-0.15, -0.1) is 13.2 Å². The first-order chi connectivity index (χ1) is 14.8. The lowest BCUT2D eigenvalue weighted by molar-refractivity contribution is -0.275. The molecule has 1 fully saturated rings. The second-order valence-corrected chi connectivity index (χ2v) is 7.95. The highest BCUT2D eigenvalue weighted by atomic mass is 19.4. The smallest absolute Gasteiger partial charge is 0.403 e. The van der Waals surface area contributed by atoms with E-state index in [4.69, 9.17) is 0 Å². The number of carbonyl (C=O) groups excluding carboxylic acids is 1. The maximum absolute atomic E-state index is 14.2. The topological polar surface area (TPSA) is 108 Å². The van der Waals surface area contributed by atoms with E-state index >= 15 is 0 Å². The second-order valence-electron chi connectivity index (χ2n) is 7.95. The number of carbonyl (C=O) groups is 1. The summed E-state index contributed by atoms with van der Waals surface area (Å²) in [6.45, 7) is 4.01. The molecule has 8 nitrogen and oxygen atoms in total. The zero-order valence-electron chi connectivity index (χ0n) is 17.3. The third kappa shape index (κ3) is 5.75. The van der Waals surface area contributed by atoms with Crippen LogP contribution >= 0.6 is 0 Å². The molecule has 3 rings (SSSR count). The highest BCUT2D eigenvalue weighted by molar-refractivity contribution is 5.92. The van der Waals surface area contributed by atoms with Crippen molar-refractivity contribution in [2.45, 2.75) is 44.7 Å². The molecule has 1 aliphatic heterocycles. The molecule has 3 N–H and O–H groups in total. The number of hydrogen-bond acceptors (Lipinski definition) is 6. The van der Waals surface area contributed by atoms with Gasteiger partial charge in [0.15, 0.2) is 11.6 Å². The molecule has 32 heavy (non-hydrogen) atoms. The van der Waals surface area contributed by atoms with Gasteiger partial charge in [0, 0.05) is 19.2 Å². The summed E-state index contributed by atoms with van der Waals surface area (Å²) in [6, 6.07) is 2.32. The van der Waals surface area contributed by atoms with Crippen molar-refractivity contribution >= 4 is 11.9 Å². The van der Waals surface area contributed by atoms with Crippen LogP contribution in [-0.2, 0) is 0 Å². The number of H-pyrrole nitrogens is 1. The molecule has 1 unspecified atom stereocenters. The lowest BCUT2D eigenvalue weighted by Crippen LogP contribution is -2.43. The van der Waals surface area contributed by atoms with Crippen LogP contribution in [0.2, 0.25) is 0 Å². The van der Waals surface area contributed by atoms with Gasteiger partial charge in [0.1, 0.15) is 5.69 Å². The molecule has 1 saturated heterocycles. The Morgan fingerprint density at radius 2 is 1.91 bits per heavy atom. The lowest BCUT2D eigenvalue weighted by atomic mass is 9.91. The molecule has 0 saturated carbocycles. The fraction of sp³-hybridized carbons (Fsp3) is 0.450. The first kappa shape index (κ1) is 23.5. The molecule has 2 aromatic rings. The zero-order valence-corrected chi connectivity index (χ0v) is 17.3. The van der Waals surface area contributed by atoms with Crippen molar-refractivity contribution in [2.75, 3.05) is 18.0 Å². The van der Waals surface area contributed by atoms with Crippen molar-refractivity contribution in [3.8, 4) is 5.75 Å². The highest BCUT2D eigenvalue weighted by Gasteiger charge is 2.34. The number of benzene rings is 1. The number of rotatable bonds is 6. The Balaban J connectivity index is 1.88. The molecule has 2 heterocycles. The van der Waals surface area contributed by atoms with Crippen LogP contribution in [0.4, 0.5) is 23.5 Å². The summed E-state index contributed by atoms with van der Waals surface area (Å²) in [4.78, 5) is 33.4. The minimum absolute atomic E-state index is 0.0116. The van der Waals surface area contributed by atoms with E-state index in [1.165, 1.54) is 13.8 Å². The van der Waals surface area contributed by atoms with E-state index in [2.05, 4.69) is 20.0 Å². The third-order valence-electron chi connectivity index (χ3n) is 4.86. The number of alkyl halides is 3. The molecule has 0 radical (unpaired) electrons. The van der Waals surface area contributed by atoms with E-state index < -0.39 is 41.0 Å². The van der Waals surface area contributed by atoms with Gasteiger partial charge in [-0.25, -0.2) is 9.37 Å². The summed E-state index contributed by atoms with van der Waals surface area (Å²) in [5.74, 6) is -2.96. The number of amides is 1. The van der Waals surface area contributed by atoms with E-state index in [0.29, 0.717) is 13.1 Å². The van der Waals surface area contributed by atoms with Crippen LogP contribution in [0.5, 0.6) is 5.75 Å². The molecular weight excluding hydrogens is 436 g/mol. The van der Waals surface area contributed by atoms with Crippen molar-refractivity contribution in [3.05, 3.63) is 51.7 Å². The van der Waals surface area contributed by atoms with Crippen molar-refractivity contribution in [1.82, 2.24) is 15.3 Å². The fourth-order valence-electron chi connectivity index (χ4n) is 3.42. The number of hydrogen-bond donors (Lipinski definition) is 3. The van der Waals surface area contributed by atoms with Crippen molar-refractivity contribution < 1.29 is 32.2 Å². The summed E-state index contributed by atoms with van der Waals surface area (Å²) in [7, 11) is 0. The number of nitrogens with one attached hydrogen (secondary N) is 2. The van der Waals surface area contributed by atoms with E-state index in [-0.39, 0.29) is 17.2 Å². The molecule has 174 valence electrons. The van der Waals surface area contributed by atoms with Crippen molar-refractivity contribution in [1.29, 1.82) is 0 Å². The van der Waals surface area contributed by atoms with Gasteiger partial charge in [-0.05, 0) is 44.4 Å². The summed E-state index contributed by atoms with van der Waals surface area (Å²) < 4.78 is 54.9. The molecule has 0 bridgehead atoms. The Kier molecular flexibility index (Phi) is 6.44. The van der Waals surface area contributed by atoms with Crippen LogP contribution in [0.3, 0.4) is 0 Å². The molecule has 1 aromatic heterocycles. The lowest BCUT2D eigenvalue weighted by Gasteiger charge is -2.30. The maximum atomic E-state index is 14.2. The van der Waals surface area contributed by atoms with Crippen LogP contribution in [0.25, 0.3) is 0 Å². The Morgan fingerprint density at radius 1 is 1.25 bits per heavy atom. The number of ether oxygens (including phenoxy) is 1. The Morgan fingerprint density at radius 3 is 2.47 bits per heavy atom. The van der Waals surface area contributed by atoms with E-state index in [1.807, 2.05) is 4.90 Å².